The minimum Gasteiger partial charge on any atom is -0.461 e. The zero-order valence-electron chi connectivity index (χ0n) is 16.5. The van der Waals surface area contributed by atoms with E-state index in [2.05, 4.69) is 12.1 Å². The maximum atomic E-state index is 13.0. The van der Waals surface area contributed by atoms with Crippen LogP contribution in [0.4, 0.5) is 0 Å². The van der Waals surface area contributed by atoms with Crippen molar-refractivity contribution in [3.05, 3.63) is 107 Å². The van der Waals surface area contributed by atoms with Crippen LogP contribution < -0.4 is 0 Å². The maximum Gasteiger partial charge on any atom is 0.339 e. The molecule has 5 rings (SSSR count). The Kier molecular flexibility index (Phi) is 4.62. The van der Waals surface area contributed by atoms with Gasteiger partial charge in [-0.2, -0.15) is 0 Å². The minimum absolute atomic E-state index is 0.0530. The first-order chi connectivity index (χ1) is 14.7. The standard InChI is InChI=1S/C26H22O4/c27-24-21(15-18-9-3-1-4-10-18)23(16-19-11-5-2-6-12-19)26(17-29-24)22-14-8-7-13-20(22)25(28)30-26/h1-14,21,23H,15-17H2. The van der Waals surface area contributed by atoms with Crippen molar-refractivity contribution >= 4 is 11.9 Å². The Morgan fingerprint density at radius 2 is 1.37 bits per heavy atom. The molecule has 3 aromatic carbocycles. The van der Waals surface area contributed by atoms with E-state index in [1.54, 1.807) is 6.07 Å². The van der Waals surface area contributed by atoms with Gasteiger partial charge < -0.3 is 9.47 Å². The lowest BCUT2D eigenvalue weighted by molar-refractivity contribution is -0.186. The smallest absolute Gasteiger partial charge is 0.339 e. The highest BCUT2D eigenvalue weighted by atomic mass is 16.6. The van der Waals surface area contributed by atoms with Crippen LogP contribution in [0, 0.1) is 11.8 Å². The van der Waals surface area contributed by atoms with Gasteiger partial charge in [0, 0.05) is 11.5 Å². The first kappa shape index (κ1) is 18.6. The van der Waals surface area contributed by atoms with Gasteiger partial charge in [0.2, 0.25) is 0 Å². The number of hydrogen-bond acceptors (Lipinski definition) is 4. The molecular weight excluding hydrogens is 376 g/mol. The molecule has 0 N–H and O–H groups in total. The summed E-state index contributed by atoms with van der Waals surface area (Å²) in [6, 6.07) is 27.4. The summed E-state index contributed by atoms with van der Waals surface area (Å²) in [5, 5.41) is 0. The van der Waals surface area contributed by atoms with Crippen LogP contribution >= 0.6 is 0 Å². The average molecular weight is 398 g/mol. The van der Waals surface area contributed by atoms with Crippen LogP contribution in [0.5, 0.6) is 0 Å². The third-order valence-electron chi connectivity index (χ3n) is 6.29. The fourth-order valence-corrected chi connectivity index (χ4v) is 4.84. The highest BCUT2D eigenvalue weighted by Gasteiger charge is 2.58. The van der Waals surface area contributed by atoms with Gasteiger partial charge >= 0.3 is 11.9 Å². The van der Waals surface area contributed by atoms with Crippen molar-refractivity contribution in [3.8, 4) is 0 Å². The Morgan fingerprint density at radius 3 is 2.07 bits per heavy atom. The van der Waals surface area contributed by atoms with Gasteiger partial charge in [-0.25, -0.2) is 4.79 Å². The molecule has 3 unspecified atom stereocenters. The highest BCUT2D eigenvalue weighted by molar-refractivity contribution is 5.95. The molecule has 0 amide bonds. The molecule has 2 aliphatic heterocycles. The summed E-state index contributed by atoms with van der Waals surface area (Å²) in [4.78, 5) is 25.7. The van der Waals surface area contributed by atoms with E-state index in [1.807, 2.05) is 66.7 Å². The van der Waals surface area contributed by atoms with Gasteiger partial charge in [0.25, 0.3) is 0 Å². The fourth-order valence-electron chi connectivity index (χ4n) is 4.84. The summed E-state index contributed by atoms with van der Waals surface area (Å²) in [5.74, 6) is -1.22. The van der Waals surface area contributed by atoms with Crippen LogP contribution in [0.3, 0.4) is 0 Å². The summed E-state index contributed by atoms with van der Waals surface area (Å²) in [6.45, 7) is 0.0530. The normalized spacial score (nSPS) is 24.9. The molecule has 30 heavy (non-hydrogen) atoms. The number of esters is 2. The number of carbonyl (C=O) groups excluding carboxylic acids is 2. The summed E-state index contributed by atoms with van der Waals surface area (Å²) >= 11 is 0. The highest BCUT2D eigenvalue weighted by Crippen LogP contribution is 2.49. The Labute approximate surface area is 175 Å². The lowest BCUT2D eigenvalue weighted by Crippen LogP contribution is -2.52. The quantitative estimate of drug-likeness (QED) is 0.614. The number of carbonyl (C=O) groups is 2. The summed E-state index contributed by atoms with van der Waals surface area (Å²) in [7, 11) is 0. The van der Waals surface area contributed by atoms with E-state index < -0.39 is 11.5 Å². The maximum absolute atomic E-state index is 13.0. The predicted octanol–water partition coefficient (Wildman–Crippen LogP) is 4.33. The van der Waals surface area contributed by atoms with Crippen molar-refractivity contribution in [1.82, 2.24) is 0 Å². The molecule has 4 heteroatoms. The van der Waals surface area contributed by atoms with Crippen molar-refractivity contribution < 1.29 is 19.1 Å². The van der Waals surface area contributed by atoms with Crippen LogP contribution in [0.2, 0.25) is 0 Å². The molecule has 2 heterocycles. The second-order valence-corrected chi connectivity index (χ2v) is 8.02. The number of fused-ring (bicyclic) bond motifs is 2. The first-order valence-electron chi connectivity index (χ1n) is 10.2. The lowest BCUT2D eigenvalue weighted by Gasteiger charge is -2.44. The van der Waals surface area contributed by atoms with Gasteiger partial charge in [-0.15, -0.1) is 0 Å². The second-order valence-electron chi connectivity index (χ2n) is 8.02. The van der Waals surface area contributed by atoms with E-state index in [0.29, 0.717) is 18.4 Å². The summed E-state index contributed by atoms with van der Waals surface area (Å²) in [6.07, 6.45) is 1.16. The Bertz CT molecular complexity index is 1080. The SMILES string of the molecule is O=C1OC2(COC(=O)C(Cc3ccccc3)C2Cc2ccccc2)c2ccccc21. The molecular formula is C26H22O4. The van der Waals surface area contributed by atoms with Crippen LogP contribution in [0.1, 0.15) is 27.0 Å². The zero-order valence-corrected chi connectivity index (χ0v) is 16.5. The van der Waals surface area contributed by atoms with E-state index in [-0.39, 0.29) is 24.5 Å². The Hall–Kier alpha value is -3.40. The molecule has 150 valence electrons. The van der Waals surface area contributed by atoms with Gasteiger partial charge in [0.1, 0.15) is 6.61 Å². The topological polar surface area (TPSA) is 52.6 Å². The third-order valence-corrected chi connectivity index (χ3v) is 6.29. The van der Waals surface area contributed by atoms with Crippen molar-refractivity contribution in [3.63, 3.8) is 0 Å². The molecule has 1 fully saturated rings. The van der Waals surface area contributed by atoms with Gasteiger partial charge in [0.15, 0.2) is 5.60 Å². The van der Waals surface area contributed by atoms with E-state index in [1.165, 1.54) is 0 Å². The molecule has 0 aromatic heterocycles. The number of cyclic esters (lactones) is 1. The monoisotopic (exact) mass is 398 g/mol. The zero-order chi connectivity index (χ0) is 20.6. The fraction of sp³-hybridized carbons (Fsp3) is 0.231. The van der Waals surface area contributed by atoms with Gasteiger partial charge in [0.05, 0.1) is 11.5 Å². The predicted molar refractivity (Wildman–Crippen MR) is 112 cm³/mol. The number of hydrogen-bond donors (Lipinski definition) is 0. The molecule has 2 aliphatic rings. The van der Waals surface area contributed by atoms with Gasteiger partial charge in [-0.1, -0.05) is 78.9 Å². The molecule has 0 radical (unpaired) electrons. The molecule has 3 atom stereocenters. The van der Waals surface area contributed by atoms with Crippen molar-refractivity contribution in [1.29, 1.82) is 0 Å². The largest absolute Gasteiger partial charge is 0.461 e. The number of rotatable bonds is 4. The molecule has 0 bridgehead atoms. The average Bonchev–Trinajstić information content (AvgIpc) is 3.07. The van der Waals surface area contributed by atoms with Crippen LogP contribution in [-0.4, -0.2) is 18.5 Å². The van der Waals surface area contributed by atoms with Crippen LogP contribution in [0.25, 0.3) is 0 Å². The Balaban J connectivity index is 1.61. The number of ether oxygens (including phenoxy) is 2. The number of benzene rings is 3. The van der Waals surface area contributed by atoms with E-state index in [4.69, 9.17) is 9.47 Å². The van der Waals surface area contributed by atoms with Crippen LogP contribution in [0.15, 0.2) is 84.9 Å². The Morgan fingerprint density at radius 1 is 0.767 bits per heavy atom. The summed E-state index contributed by atoms with van der Waals surface area (Å²) in [5.41, 5.74) is 2.59. The van der Waals surface area contributed by atoms with Crippen molar-refractivity contribution in [2.24, 2.45) is 11.8 Å². The van der Waals surface area contributed by atoms with Gasteiger partial charge in [-0.3, -0.25) is 4.79 Å². The molecule has 0 saturated carbocycles. The first-order valence-corrected chi connectivity index (χ1v) is 10.2. The molecule has 0 aliphatic carbocycles. The molecule has 3 aromatic rings. The van der Waals surface area contributed by atoms with E-state index in [0.717, 1.165) is 16.7 Å². The third kappa shape index (κ3) is 3.09. The molecule has 1 saturated heterocycles. The van der Waals surface area contributed by atoms with Crippen LogP contribution in [-0.2, 0) is 32.7 Å². The molecule has 1 spiro atoms. The van der Waals surface area contributed by atoms with Crippen molar-refractivity contribution in [2.75, 3.05) is 6.61 Å². The van der Waals surface area contributed by atoms with E-state index in [9.17, 15) is 9.59 Å². The van der Waals surface area contributed by atoms with E-state index >= 15 is 0 Å². The summed E-state index contributed by atoms with van der Waals surface area (Å²) < 4.78 is 11.7. The minimum atomic E-state index is -0.961. The van der Waals surface area contributed by atoms with Gasteiger partial charge in [-0.05, 0) is 30.0 Å². The van der Waals surface area contributed by atoms with Crippen molar-refractivity contribution in [2.45, 2.75) is 18.4 Å². The molecule has 4 nitrogen and oxygen atoms in total. The lowest BCUT2D eigenvalue weighted by atomic mass is 9.68. The second kappa shape index (κ2) is 7.45.